The van der Waals surface area contributed by atoms with Crippen LogP contribution in [0.3, 0.4) is 0 Å². The van der Waals surface area contributed by atoms with Crippen LogP contribution in [0.2, 0.25) is 0 Å². The summed E-state index contributed by atoms with van der Waals surface area (Å²) in [4.78, 5) is 25.7. The smallest absolute Gasteiger partial charge is 0.250 e. The zero-order valence-corrected chi connectivity index (χ0v) is 10.8. The summed E-state index contributed by atoms with van der Waals surface area (Å²) < 4.78 is 5.28. The van der Waals surface area contributed by atoms with Crippen LogP contribution in [0.1, 0.15) is 6.92 Å². The standard InChI is InChI=1S/C12H19N3O3/c1-8(9-5-14-6-9)12(17)15-3-4-18-7-10(15)11(16)13-2/h10,14H,3-7H2,1-2H3,(H,13,16). The van der Waals surface area contributed by atoms with Crippen molar-refractivity contribution in [2.45, 2.75) is 13.0 Å². The Balaban J connectivity index is 2.13. The molecule has 0 aromatic carbocycles. The fourth-order valence-corrected chi connectivity index (χ4v) is 2.11. The van der Waals surface area contributed by atoms with Crippen molar-refractivity contribution in [3.05, 3.63) is 11.1 Å². The van der Waals surface area contributed by atoms with E-state index in [0.29, 0.717) is 13.2 Å². The highest BCUT2D eigenvalue weighted by atomic mass is 16.5. The Morgan fingerprint density at radius 2 is 2.17 bits per heavy atom. The van der Waals surface area contributed by atoms with Gasteiger partial charge in [-0.3, -0.25) is 9.59 Å². The summed E-state index contributed by atoms with van der Waals surface area (Å²) in [6.45, 7) is 4.59. The van der Waals surface area contributed by atoms with E-state index in [2.05, 4.69) is 10.6 Å². The first-order valence-corrected chi connectivity index (χ1v) is 6.14. The third-order valence-corrected chi connectivity index (χ3v) is 3.47. The zero-order chi connectivity index (χ0) is 13.1. The van der Waals surface area contributed by atoms with Gasteiger partial charge in [-0.25, -0.2) is 0 Å². The van der Waals surface area contributed by atoms with E-state index in [9.17, 15) is 9.59 Å². The minimum absolute atomic E-state index is 0.0524. The molecule has 2 N–H and O–H groups in total. The average Bonchev–Trinajstić information content (AvgIpc) is 2.34. The van der Waals surface area contributed by atoms with Gasteiger partial charge in [-0.1, -0.05) is 0 Å². The lowest BCUT2D eigenvalue weighted by Gasteiger charge is -2.35. The van der Waals surface area contributed by atoms with Crippen molar-refractivity contribution in [2.24, 2.45) is 0 Å². The van der Waals surface area contributed by atoms with Gasteiger partial charge in [-0.15, -0.1) is 0 Å². The molecule has 0 bridgehead atoms. The van der Waals surface area contributed by atoms with Crippen molar-refractivity contribution in [3.8, 4) is 0 Å². The topological polar surface area (TPSA) is 70.7 Å². The van der Waals surface area contributed by atoms with Crippen LogP contribution in [0.15, 0.2) is 11.1 Å². The summed E-state index contributed by atoms with van der Waals surface area (Å²) in [6, 6.07) is -0.514. The van der Waals surface area contributed by atoms with E-state index in [1.807, 2.05) is 6.92 Å². The van der Waals surface area contributed by atoms with Crippen molar-refractivity contribution in [3.63, 3.8) is 0 Å². The Kier molecular flexibility index (Phi) is 3.98. The molecule has 2 fully saturated rings. The molecule has 2 aliphatic rings. The number of carbonyl (C=O) groups excluding carboxylic acids is 2. The van der Waals surface area contributed by atoms with Gasteiger partial charge in [0.25, 0.3) is 0 Å². The maximum Gasteiger partial charge on any atom is 0.250 e. The molecule has 0 aliphatic carbocycles. The van der Waals surface area contributed by atoms with Gasteiger partial charge < -0.3 is 20.3 Å². The summed E-state index contributed by atoms with van der Waals surface area (Å²) in [7, 11) is 1.57. The maximum absolute atomic E-state index is 12.4. The van der Waals surface area contributed by atoms with E-state index in [-0.39, 0.29) is 18.4 Å². The summed E-state index contributed by atoms with van der Waals surface area (Å²) in [6.07, 6.45) is 0. The zero-order valence-electron chi connectivity index (χ0n) is 10.8. The van der Waals surface area contributed by atoms with Crippen molar-refractivity contribution < 1.29 is 14.3 Å². The largest absolute Gasteiger partial charge is 0.377 e. The van der Waals surface area contributed by atoms with Crippen LogP contribution in [0.25, 0.3) is 0 Å². The highest BCUT2D eigenvalue weighted by Gasteiger charge is 2.33. The highest BCUT2D eigenvalue weighted by Crippen LogP contribution is 2.16. The Bertz CT molecular complexity index is 386. The van der Waals surface area contributed by atoms with Crippen molar-refractivity contribution in [2.75, 3.05) is 39.9 Å². The van der Waals surface area contributed by atoms with Crippen LogP contribution < -0.4 is 10.6 Å². The van der Waals surface area contributed by atoms with E-state index in [4.69, 9.17) is 4.74 Å². The van der Waals surface area contributed by atoms with Crippen LogP contribution in [0.4, 0.5) is 0 Å². The Hall–Kier alpha value is -1.40. The van der Waals surface area contributed by atoms with Crippen LogP contribution >= 0.6 is 0 Å². The fourth-order valence-electron chi connectivity index (χ4n) is 2.11. The number of nitrogens with zero attached hydrogens (tertiary/aromatic N) is 1. The highest BCUT2D eigenvalue weighted by molar-refractivity contribution is 5.97. The first-order chi connectivity index (χ1) is 8.65. The molecular formula is C12H19N3O3. The average molecular weight is 253 g/mol. The molecule has 2 aliphatic heterocycles. The Labute approximate surface area is 106 Å². The molecule has 100 valence electrons. The van der Waals surface area contributed by atoms with Gasteiger partial charge >= 0.3 is 0 Å². The minimum Gasteiger partial charge on any atom is -0.377 e. The summed E-state index contributed by atoms with van der Waals surface area (Å²) in [5.74, 6) is -0.226. The molecule has 18 heavy (non-hydrogen) atoms. The lowest BCUT2D eigenvalue weighted by Crippen LogP contribution is -2.56. The van der Waals surface area contributed by atoms with E-state index < -0.39 is 6.04 Å². The molecule has 6 heteroatoms. The molecule has 2 amide bonds. The van der Waals surface area contributed by atoms with E-state index in [1.165, 1.54) is 0 Å². The Morgan fingerprint density at radius 3 is 2.72 bits per heavy atom. The normalized spacial score (nSPS) is 23.3. The van der Waals surface area contributed by atoms with Crippen LogP contribution in [0, 0.1) is 0 Å². The van der Waals surface area contributed by atoms with Crippen molar-refractivity contribution in [1.29, 1.82) is 0 Å². The number of morpholine rings is 1. The van der Waals surface area contributed by atoms with Gasteiger partial charge in [0.15, 0.2) is 0 Å². The molecule has 0 aromatic rings. The van der Waals surface area contributed by atoms with Crippen LogP contribution in [-0.4, -0.2) is 62.7 Å². The predicted octanol–water partition coefficient (Wildman–Crippen LogP) is -1.12. The first kappa shape index (κ1) is 13.0. The molecular weight excluding hydrogens is 234 g/mol. The van der Waals surface area contributed by atoms with E-state index in [1.54, 1.807) is 11.9 Å². The molecule has 2 heterocycles. The van der Waals surface area contributed by atoms with Gasteiger partial charge in [0, 0.05) is 32.3 Å². The SMILES string of the molecule is CNC(=O)C1COCCN1C(=O)C(C)=C1CNC1. The number of ether oxygens (including phenoxy) is 1. The van der Waals surface area contributed by atoms with E-state index in [0.717, 1.165) is 24.2 Å². The molecule has 0 saturated carbocycles. The van der Waals surface area contributed by atoms with Gasteiger partial charge in [0.05, 0.1) is 13.2 Å². The summed E-state index contributed by atoms with van der Waals surface area (Å²) in [5, 5.41) is 5.69. The molecule has 2 saturated heterocycles. The number of hydrogen-bond acceptors (Lipinski definition) is 4. The fraction of sp³-hybridized carbons (Fsp3) is 0.667. The number of rotatable bonds is 2. The number of hydrogen-bond donors (Lipinski definition) is 2. The third-order valence-electron chi connectivity index (χ3n) is 3.47. The van der Waals surface area contributed by atoms with Crippen LogP contribution in [-0.2, 0) is 14.3 Å². The molecule has 0 aromatic heterocycles. The maximum atomic E-state index is 12.4. The van der Waals surface area contributed by atoms with Crippen molar-refractivity contribution >= 4 is 11.8 Å². The lowest BCUT2D eigenvalue weighted by molar-refractivity contribution is -0.145. The second-order valence-corrected chi connectivity index (χ2v) is 4.54. The van der Waals surface area contributed by atoms with Gasteiger partial charge in [0.2, 0.25) is 11.8 Å². The molecule has 1 atom stereocenters. The molecule has 1 unspecified atom stereocenters. The molecule has 6 nitrogen and oxygen atoms in total. The number of amides is 2. The first-order valence-electron chi connectivity index (χ1n) is 6.14. The number of carbonyl (C=O) groups is 2. The van der Waals surface area contributed by atoms with E-state index >= 15 is 0 Å². The lowest BCUT2D eigenvalue weighted by atomic mass is 10.0. The summed E-state index contributed by atoms with van der Waals surface area (Å²) >= 11 is 0. The number of likely N-dealkylation sites (N-methyl/N-ethyl adjacent to an activating group) is 1. The summed E-state index contributed by atoms with van der Waals surface area (Å²) in [5.41, 5.74) is 1.88. The number of nitrogens with one attached hydrogen (secondary N) is 2. The predicted molar refractivity (Wildman–Crippen MR) is 66.0 cm³/mol. The monoisotopic (exact) mass is 253 g/mol. The van der Waals surface area contributed by atoms with Crippen molar-refractivity contribution in [1.82, 2.24) is 15.5 Å². The second-order valence-electron chi connectivity index (χ2n) is 4.54. The van der Waals surface area contributed by atoms with Gasteiger partial charge in [-0.05, 0) is 12.5 Å². The van der Waals surface area contributed by atoms with Gasteiger partial charge in [0.1, 0.15) is 6.04 Å². The molecule has 2 rings (SSSR count). The minimum atomic E-state index is -0.514. The molecule has 0 spiro atoms. The second kappa shape index (κ2) is 5.49. The van der Waals surface area contributed by atoms with Crippen LogP contribution in [0.5, 0.6) is 0 Å². The van der Waals surface area contributed by atoms with Gasteiger partial charge in [-0.2, -0.15) is 0 Å². The quantitative estimate of drug-likeness (QED) is 0.612. The third kappa shape index (κ3) is 2.39. The molecule has 0 radical (unpaired) electrons. The Morgan fingerprint density at radius 1 is 1.44 bits per heavy atom.